The average Bonchev–Trinajstić information content (AvgIpc) is 3.64. The highest BCUT2D eigenvalue weighted by atomic mass is 32.2. The molecule has 3 fully saturated rings. The molecule has 16 heteroatoms. The fourth-order valence-electron chi connectivity index (χ4n) is 7.38. The van der Waals surface area contributed by atoms with Crippen molar-refractivity contribution in [1.82, 2.24) is 25.3 Å². The molecule has 6 rings (SSSR count). The molecule has 2 aliphatic carbocycles. The van der Waals surface area contributed by atoms with Crippen molar-refractivity contribution in [3.8, 4) is 22.8 Å². The molecule has 3 amide bonds. The molecule has 0 bridgehead atoms. The van der Waals surface area contributed by atoms with Crippen molar-refractivity contribution in [2.24, 2.45) is 17.1 Å². The van der Waals surface area contributed by atoms with Crippen LogP contribution in [-0.2, 0) is 24.3 Å². The number of likely N-dealkylation sites (tertiary alicyclic amines) is 1. The van der Waals surface area contributed by atoms with Crippen molar-refractivity contribution in [3.05, 3.63) is 59.5 Å². The first kappa shape index (κ1) is 47.7. The highest BCUT2D eigenvalue weighted by Crippen LogP contribution is 2.43. The third-order valence-corrected chi connectivity index (χ3v) is 12.6. The van der Waals surface area contributed by atoms with Crippen molar-refractivity contribution >= 4 is 38.8 Å². The van der Waals surface area contributed by atoms with E-state index in [0.717, 1.165) is 46.5 Å². The first-order chi connectivity index (χ1) is 28.4. The van der Waals surface area contributed by atoms with Crippen LogP contribution >= 0.6 is 0 Å². The standard InChI is InChI=1S/C34H43N3O5.C8H15N3O4S.C2H6/c1-34(2,3)42-33(39)36-30(19-23-11-7-5-8-12-23)32(38)37-18-17-26(22-37)41-31-21-28(24-13-9-6-10-14-24)35-29-20-25(40-4)15-16-27(29)31;1-5(2)16(14,15)9-7(12)8(10-11-13)4-6(8)3;1-2/h6,9-10,13-16,20-21,23,26,30H,5,7-8,11-12,17-19,22H2,1-4H3,(H,36,39);5-6H,4H2,1-3H3,(H,9,12)(H,10,13);1-2H3/t26-,30+;;/m1../s1. The number of aromatic nitrogens is 1. The number of nitrogens with zero attached hydrogens (tertiary/aromatic N) is 3. The second kappa shape index (κ2) is 21.0. The SMILES string of the molecule is CC.CC1CC1(NN=O)C(=O)NS(=O)(=O)C(C)C.COc1ccc2c(O[C@@H]3CCN(C(=O)[C@H](CC4CCCCC4)NC(=O)OC(C)(C)C)C3)cc(-c3ccccc3)nc2c1. The summed E-state index contributed by atoms with van der Waals surface area (Å²) in [7, 11) is -2.02. The van der Waals surface area contributed by atoms with Gasteiger partial charge in [0.25, 0.3) is 5.91 Å². The van der Waals surface area contributed by atoms with E-state index >= 15 is 0 Å². The van der Waals surface area contributed by atoms with Crippen molar-refractivity contribution < 1.29 is 37.0 Å². The number of carbonyl (C=O) groups is 3. The van der Waals surface area contributed by atoms with Crippen LogP contribution in [0.5, 0.6) is 11.5 Å². The smallest absolute Gasteiger partial charge is 0.408 e. The number of benzene rings is 2. The average molecular weight is 853 g/mol. The normalized spacial score (nSPS) is 20.7. The summed E-state index contributed by atoms with van der Waals surface area (Å²) >= 11 is 0. The first-order valence-electron chi connectivity index (χ1n) is 21.1. The maximum atomic E-state index is 13.8. The zero-order chi connectivity index (χ0) is 44.3. The lowest BCUT2D eigenvalue weighted by atomic mass is 9.84. The van der Waals surface area contributed by atoms with Gasteiger partial charge in [-0.05, 0) is 71.4 Å². The van der Waals surface area contributed by atoms with E-state index in [0.29, 0.717) is 38.3 Å². The Labute approximate surface area is 355 Å². The van der Waals surface area contributed by atoms with Crippen molar-refractivity contribution in [2.75, 3.05) is 20.2 Å². The fraction of sp³-hybridized carbons (Fsp3) is 0.591. The summed E-state index contributed by atoms with van der Waals surface area (Å²) < 4.78 is 42.4. The van der Waals surface area contributed by atoms with Crippen LogP contribution in [0.25, 0.3) is 22.2 Å². The van der Waals surface area contributed by atoms with Gasteiger partial charge in [-0.2, -0.15) is 0 Å². The quantitative estimate of drug-likeness (QED) is 0.113. The van der Waals surface area contributed by atoms with E-state index < -0.39 is 44.5 Å². The van der Waals surface area contributed by atoms with Gasteiger partial charge in [0.1, 0.15) is 34.8 Å². The summed E-state index contributed by atoms with van der Waals surface area (Å²) in [6.07, 6.45) is 6.79. The Morgan fingerprint density at radius 3 is 2.25 bits per heavy atom. The second-order valence-corrected chi connectivity index (χ2v) is 19.0. The summed E-state index contributed by atoms with van der Waals surface area (Å²) in [6, 6.07) is 17.2. The fourth-order valence-corrected chi connectivity index (χ4v) is 8.05. The van der Waals surface area contributed by atoms with Gasteiger partial charge < -0.3 is 24.4 Å². The van der Waals surface area contributed by atoms with Crippen LogP contribution in [-0.4, -0.2) is 84.9 Å². The molecule has 1 aliphatic heterocycles. The third-order valence-electron chi connectivity index (χ3n) is 10.9. The van der Waals surface area contributed by atoms with Gasteiger partial charge >= 0.3 is 6.09 Å². The molecule has 2 saturated carbocycles. The summed E-state index contributed by atoms with van der Waals surface area (Å²) in [6.45, 7) is 15.2. The predicted molar refractivity (Wildman–Crippen MR) is 233 cm³/mol. The molecule has 2 aromatic carbocycles. The summed E-state index contributed by atoms with van der Waals surface area (Å²) in [5, 5.41) is 5.56. The second-order valence-electron chi connectivity index (χ2n) is 16.8. The molecule has 15 nitrogen and oxygen atoms in total. The van der Waals surface area contributed by atoms with Crippen LogP contribution in [0.15, 0.2) is 59.9 Å². The molecule has 0 spiro atoms. The van der Waals surface area contributed by atoms with Gasteiger partial charge in [0.2, 0.25) is 15.9 Å². The molecule has 0 radical (unpaired) electrons. The number of fused-ring (bicyclic) bond motifs is 1. The number of hydrogen-bond donors (Lipinski definition) is 3. The van der Waals surface area contributed by atoms with Gasteiger partial charge in [-0.1, -0.05) is 83.2 Å². The van der Waals surface area contributed by atoms with Gasteiger partial charge in [0.15, 0.2) is 0 Å². The van der Waals surface area contributed by atoms with E-state index in [1.807, 2.05) is 98.8 Å². The van der Waals surface area contributed by atoms with Crippen LogP contribution in [0.4, 0.5) is 4.79 Å². The molecule has 2 unspecified atom stereocenters. The van der Waals surface area contributed by atoms with E-state index in [4.69, 9.17) is 19.2 Å². The highest BCUT2D eigenvalue weighted by molar-refractivity contribution is 7.90. The van der Waals surface area contributed by atoms with Gasteiger partial charge in [-0.15, -0.1) is 4.91 Å². The molecule has 3 aliphatic rings. The van der Waals surface area contributed by atoms with Crippen LogP contribution in [0.3, 0.4) is 0 Å². The number of nitrogens with one attached hydrogen (secondary N) is 3. The lowest BCUT2D eigenvalue weighted by Gasteiger charge is -2.30. The topological polar surface area (TPSA) is 195 Å². The van der Waals surface area contributed by atoms with E-state index in [9.17, 15) is 27.7 Å². The van der Waals surface area contributed by atoms with Gasteiger partial charge in [-0.25, -0.2) is 18.2 Å². The number of alkyl carbamates (subject to hydrolysis) is 1. The largest absolute Gasteiger partial charge is 0.497 e. The molecular weight excluding hydrogens is 789 g/mol. The summed E-state index contributed by atoms with van der Waals surface area (Å²) in [5.41, 5.74) is 2.94. The first-order valence-corrected chi connectivity index (χ1v) is 22.6. The minimum absolute atomic E-state index is 0.0631. The summed E-state index contributed by atoms with van der Waals surface area (Å²) in [5.74, 6) is 0.998. The van der Waals surface area contributed by atoms with E-state index in [1.165, 1.54) is 33.1 Å². The molecule has 3 N–H and O–H groups in total. The Balaban J connectivity index is 0.000000370. The predicted octanol–water partition coefficient (Wildman–Crippen LogP) is 7.67. The number of hydrogen-bond acceptors (Lipinski definition) is 11. The number of nitroso groups, excluding NO2 is 1. The number of rotatable bonds is 13. The minimum atomic E-state index is -3.67. The third kappa shape index (κ3) is 12.8. The van der Waals surface area contributed by atoms with Gasteiger partial charge in [-0.3, -0.25) is 19.7 Å². The Morgan fingerprint density at radius 1 is 1.00 bits per heavy atom. The number of amides is 3. The monoisotopic (exact) mass is 852 g/mol. The van der Waals surface area contributed by atoms with Crippen LogP contribution < -0.4 is 24.9 Å². The molecular formula is C44H64N6O9S. The number of carbonyl (C=O) groups excluding carboxylic acids is 3. The number of pyridine rings is 1. The maximum Gasteiger partial charge on any atom is 0.408 e. The van der Waals surface area contributed by atoms with Crippen LogP contribution in [0, 0.1) is 16.7 Å². The molecule has 4 atom stereocenters. The molecule has 330 valence electrons. The molecule has 1 saturated heterocycles. The van der Waals surface area contributed by atoms with Crippen molar-refractivity contribution in [2.45, 2.75) is 135 Å². The zero-order valence-electron chi connectivity index (χ0n) is 36.6. The Bertz CT molecular complexity index is 2040. The molecule has 60 heavy (non-hydrogen) atoms. The molecule has 3 aromatic rings. The van der Waals surface area contributed by atoms with E-state index in [-0.39, 0.29) is 17.9 Å². The molecule has 2 heterocycles. The number of ether oxygens (including phenoxy) is 3. The molecule has 1 aromatic heterocycles. The highest BCUT2D eigenvalue weighted by Gasteiger charge is 2.59. The summed E-state index contributed by atoms with van der Waals surface area (Å²) in [4.78, 5) is 55.1. The zero-order valence-corrected chi connectivity index (χ0v) is 37.4. The minimum Gasteiger partial charge on any atom is -0.497 e. The van der Waals surface area contributed by atoms with Crippen LogP contribution in [0.2, 0.25) is 0 Å². The Hall–Kier alpha value is -4.99. The van der Waals surface area contributed by atoms with E-state index in [2.05, 4.69) is 16.0 Å². The lowest BCUT2D eigenvalue weighted by Crippen LogP contribution is -2.50. The Morgan fingerprint density at radius 2 is 1.67 bits per heavy atom. The van der Waals surface area contributed by atoms with Crippen molar-refractivity contribution in [3.63, 3.8) is 0 Å². The number of methoxy groups -OCH3 is 1. The lowest BCUT2D eigenvalue weighted by molar-refractivity contribution is -0.133. The Kier molecular flexibility index (Phi) is 16.7. The van der Waals surface area contributed by atoms with Gasteiger partial charge in [0, 0.05) is 36.0 Å². The van der Waals surface area contributed by atoms with Gasteiger partial charge in [0.05, 0.1) is 35.4 Å². The number of sulfonamides is 1. The van der Waals surface area contributed by atoms with E-state index in [1.54, 1.807) is 14.0 Å². The van der Waals surface area contributed by atoms with Crippen molar-refractivity contribution in [1.29, 1.82) is 0 Å². The maximum absolute atomic E-state index is 13.8. The van der Waals surface area contributed by atoms with Crippen LogP contribution in [0.1, 0.15) is 107 Å².